The number of hydrogen-bond donors (Lipinski definition) is 2. The number of azo groups is 1. The number of aromatic nitrogens is 3. The van der Waals surface area contributed by atoms with Crippen LogP contribution in [0.2, 0.25) is 5.02 Å². The summed E-state index contributed by atoms with van der Waals surface area (Å²) in [5.74, 6) is -0.212. The summed E-state index contributed by atoms with van der Waals surface area (Å²) in [7, 11) is 0. The van der Waals surface area contributed by atoms with Crippen molar-refractivity contribution in [2.45, 2.75) is 0 Å². The van der Waals surface area contributed by atoms with Crippen LogP contribution in [0.15, 0.2) is 52.7 Å². The number of anilines is 1. The van der Waals surface area contributed by atoms with E-state index in [1.54, 1.807) is 18.2 Å². The third kappa shape index (κ3) is 4.14. The molecule has 5 rings (SSSR count). The topological polar surface area (TPSA) is 123 Å². The predicted octanol–water partition coefficient (Wildman–Crippen LogP) is 5.25. The number of nitrogens with zero attached hydrogens (tertiary/aromatic N) is 6. The zero-order valence-corrected chi connectivity index (χ0v) is 18.4. The Bertz CT molecular complexity index is 1440. The lowest BCUT2D eigenvalue weighted by atomic mass is 10.1. The molecule has 34 heavy (non-hydrogen) atoms. The molecule has 1 aliphatic rings. The molecular formula is C23H17ClFN7O2. The Morgan fingerprint density at radius 3 is 2.62 bits per heavy atom. The molecule has 1 fully saturated rings. The maximum absolute atomic E-state index is 13.5. The predicted molar refractivity (Wildman–Crippen MR) is 124 cm³/mol. The summed E-state index contributed by atoms with van der Waals surface area (Å²) < 4.78 is 18.9. The molecule has 2 aromatic heterocycles. The Hall–Kier alpha value is -4.07. The molecule has 11 heteroatoms. The number of nitriles is 1. The maximum Gasteiger partial charge on any atom is 0.271 e. The molecular weight excluding hydrogens is 461 g/mol. The second-order valence-corrected chi connectivity index (χ2v) is 7.94. The zero-order valence-electron chi connectivity index (χ0n) is 17.7. The number of rotatable bonds is 4. The summed E-state index contributed by atoms with van der Waals surface area (Å²) in [4.78, 5) is 13.6. The average Bonchev–Trinajstić information content (AvgIpc) is 3.17. The third-order valence-corrected chi connectivity index (χ3v) is 5.61. The van der Waals surface area contributed by atoms with Gasteiger partial charge in [-0.1, -0.05) is 11.6 Å². The van der Waals surface area contributed by atoms with E-state index in [1.165, 1.54) is 24.3 Å². The highest BCUT2D eigenvalue weighted by molar-refractivity contribution is 6.31. The fraction of sp³-hybridized carbons (Fsp3) is 0.174. The van der Waals surface area contributed by atoms with Gasteiger partial charge in [-0.3, -0.25) is 0 Å². The fourth-order valence-electron chi connectivity index (χ4n) is 3.74. The van der Waals surface area contributed by atoms with Crippen LogP contribution in [0, 0.1) is 17.1 Å². The highest BCUT2D eigenvalue weighted by Gasteiger charge is 2.23. The first kappa shape index (κ1) is 21.8. The molecule has 0 aliphatic carbocycles. The molecule has 2 aromatic carbocycles. The summed E-state index contributed by atoms with van der Waals surface area (Å²) in [5, 5.41) is 29.6. The second kappa shape index (κ2) is 9.05. The van der Waals surface area contributed by atoms with E-state index in [1.807, 2.05) is 4.90 Å². The van der Waals surface area contributed by atoms with Gasteiger partial charge in [0.1, 0.15) is 17.4 Å². The summed E-state index contributed by atoms with van der Waals surface area (Å²) in [6.45, 7) is 2.04. The molecule has 2 N–H and O–H groups in total. The summed E-state index contributed by atoms with van der Waals surface area (Å²) in [6.07, 6.45) is 0. The Morgan fingerprint density at radius 1 is 1.12 bits per heavy atom. The van der Waals surface area contributed by atoms with Crippen molar-refractivity contribution in [1.82, 2.24) is 15.0 Å². The van der Waals surface area contributed by atoms with Gasteiger partial charge < -0.3 is 19.7 Å². The van der Waals surface area contributed by atoms with Gasteiger partial charge >= 0.3 is 0 Å². The molecule has 0 radical (unpaired) electrons. The van der Waals surface area contributed by atoms with Crippen molar-refractivity contribution >= 4 is 40.0 Å². The molecule has 1 aliphatic heterocycles. The molecule has 0 spiro atoms. The lowest BCUT2D eigenvalue weighted by Gasteiger charge is -2.28. The Morgan fingerprint density at radius 2 is 1.88 bits per heavy atom. The number of benzene rings is 2. The Kier molecular flexibility index (Phi) is 5.79. The Labute approximate surface area is 198 Å². The minimum absolute atomic E-state index is 0.0180. The van der Waals surface area contributed by atoms with Crippen LogP contribution in [0.1, 0.15) is 5.56 Å². The van der Waals surface area contributed by atoms with E-state index in [-0.39, 0.29) is 23.1 Å². The lowest BCUT2D eigenvalue weighted by Crippen LogP contribution is -2.37. The number of H-pyrrole nitrogens is 1. The maximum atomic E-state index is 13.5. The van der Waals surface area contributed by atoms with E-state index in [0.717, 1.165) is 0 Å². The van der Waals surface area contributed by atoms with Crippen molar-refractivity contribution in [1.29, 1.82) is 5.26 Å². The number of halogens is 2. The molecule has 1 saturated heterocycles. The monoisotopic (exact) mass is 477 g/mol. The molecule has 0 bridgehead atoms. The van der Waals surface area contributed by atoms with Crippen molar-refractivity contribution in [3.05, 3.63) is 58.9 Å². The first-order chi connectivity index (χ1) is 16.5. The smallest absolute Gasteiger partial charge is 0.271 e. The summed E-state index contributed by atoms with van der Waals surface area (Å²) in [5.41, 5.74) is 1.90. The van der Waals surface area contributed by atoms with Crippen LogP contribution in [0.4, 0.5) is 21.8 Å². The lowest BCUT2D eigenvalue weighted by molar-refractivity contribution is 0.122. The molecule has 170 valence electrons. The van der Waals surface area contributed by atoms with Gasteiger partial charge in [-0.15, -0.1) is 10.2 Å². The zero-order chi connectivity index (χ0) is 23.7. The minimum atomic E-state index is -0.405. The van der Waals surface area contributed by atoms with Crippen molar-refractivity contribution in [3.8, 4) is 23.2 Å². The van der Waals surface area contributed by atoms with Gasteiger partial charge in [0.05, 0.1) is 24.4 Å². The number of aromatic amines is 1. The highest BCUT2D eigenvalue weighted by Crippen LogP contribution is 2.38. The van der Waals surface area contributed by atoms with Gasteiger partial charge in [0.2, 0.25) is 5.88 Å². The number of aromatic hydroxyl groups is 1. The quantitative estimate of drug-likeness (QED) is 0.387. The van der Waals surface area contributed by atoms with Gasteiger partial charge in [-0.25, -0.2) is 9.37 Å². The molecule has 0 saturated carbocycles. The van der Waals surface area contributed by atoms with Crippen LogP contribution >= 0.6 is 11.6 Å². The second-order valence-electron chi connectivity index (χ2n) is 7.50. The van der Waals surface area contributed by atoms with E-state index < -0.39 is 5.82 Å². The van der Waals surface area contributed by atoms with E-state index >= 15 is 0 Å². The first-order valence-electron chi connectivity index (χ1n) is 10.4. The van der Waals surface area contributed by atoms with Crippen LogP contribution in [-0.4, -0.2) is 46.4 Å². The molecule has 0 unspecified atom stereocenters. The molecule has 3 heterocycles. The SMILES string of the molecule is N#Cc1c(-c2ccc(F)cc2)nc(N=Nc2c(O)[nH]c3ccc(Cl)cc23)nc1N1CCOCC1. The van der Waals surface area contributed by atoms with Crippen molar-refractivity contribution in [3.63, 3.8) is 0 Å². The average molecular weight is 478 g/mol. The van der Waals surface area contributed by atoms with E-state index in [0.29, 0.717) is 59.3 Å². The molecule has 9 nitrogen and oxygen atoms in total. The van der Waals surface area contributed by atoms with Crippen molar-refractivity contribution < 1.29 is 14.2 Å². The van der Waals surface area contributed by atoms with E-state index in [2.05, 4.69) is 31.2 Å². The Balaban J connectivity index is 1.64. The van der Waals surface area contributed by atoms with Crippen LogP contribution in [-0.2, 0) is 4.74 Å². The van der Waals surface area contributed by atoms with Gasteiger partial charge in [0, 0.05) is 29.1 Å². The van der Waals surface area contributed by atoms with Gasteiger partial charge in [-0.2, -0.15) is 10.2 Å². The van der Waals surface area contributed by atoms with Crippen molar-refractivity contribution in [2.75, 3.05) is 31.2 Å². The summed E-state index contributed by atoms with van der Waals surface area (Å²) in [6, 6.07) is 12.9. The van der Waals surface area contributed by atoms with E-state index in [4.69, 9.17) is 16.3 Å². The normalized spacial score (nSPS) is 14.1. The first-order valence-corrected chi connectivity index (χ1v) is 10.7. The van der Waals surface area contributed by atoms with Gasteiger partial charge in [-0.05, 0) is 42.5 Å². The van der Waals surface area contributed by atoms with Gasteiger partial charge in [0.15, 0.2) is 11.5 Å². The van der Waals surface area contributed by atoms with Crippen molar-refractivity contribution in [2.24, 2.45) is 10.2 Å². The molecule has 4 aromatic rings. The van der Waals surface area contributed by atoms with Crippen LogP contribution in [0.5, 0.6) is 5.88 Å². The standard InChI is InChI=1S/C23H17ClFN7O2/c24-14-3-6-18-16(11-14)20(22(33)27-18)30-31-23-28-19(13-1-4-15(25)5-2-13)17(12-26)21(29-23)32-7-9-34-10-8-32/h1-6,11,27,33H,7-10H2. The van der Waals surface area contributed by atoms with E-state index in [9.17, 15) is 14.8 Å². The number of morpholine rings is 1. The largest absolute Gasteiger partial charge is 0.493 e. The number of fused-ring (bicyclic) bond motifs is 1. The number of ether oxygens (including phenoxy) is 1. The summed E-state index contributed by atoms with van der Waals surface area (Å²) >= 11 is 6.09. The van der Waals surface area contributed by atoms with Crippen LogP contribution in [0.25, 0.3) is 22.2 Å². The number of nitrogens with one attached hydrogen (secondary N) is 1. The third-order valence-electron chi connectivity index (χ3n) is 5.37. The van der Waals surface area contributed by atoms with Crippen LogP contribution < -0.4 is 4.90 Å². The molecule has 0 amide bonds. The molecule has 0 atom stereocenters. The number of hydrogen-bond acceptors (Lipinski definition) is 8. The fourth-order valence-corrected chi connectivity index (χ4v) is 3.91. The minimum Gasteiger partial charge on any atom is -0.493 e. The van der Waals surface area contributed by atoms with Crippen LogP contribution in [0.3, 0.4) is 0 Å². The highest BCUT2D eigenvalue weighted by atomic mass is 35.5. The van der Waals surface area contributed by atoms with Gasteiger partial charge in [0.25, 0.3) is 5.95 Å².